The number of ether oxygens (including phenoxy) is 3. The van der Waals surface area contributed by atoms with E-state index in [-0.39, 0.29) is 30.1 Å². The van der Waals surface area contributed by atoms with Crippen LogP contribution < -0.4 is 9.97 Å². The zero-order chi connectivity index (χ0) is 27.9. The van der Waals surface area contributed by atoms with Gasteiger partial charge >= 0.3 is 19.1 Å². The van der Waals surface area contributed by atoms with Gasteiger partial charge in [0.2, 0.25) is 6.79 Å². The normalized spacial score (nSPS) is 15.1. The average molecular weight is 530 g/mol. The lowest BCUT2D eigenvalue weighted by molar-refractivity contribution is -0.175. The summed E-state index contributed by atoms with van der Waals surface area (Å²) in [5, 5.41) is 21.9. The minimum absolute atomic E-state index is 0.0238. The van der Waals surface area contributed by atoms with E-state index in [1.165, 1.54) is 10.7 Å². The van der Waals surface area contributed by atoms with Crippen molar-refractivity contribution in [3.05, 3.63) is 41.2 Å². The molecule has 2 aromatic rings. The molecule has 1 aliphatic heterocycles. The number of para-hydroxylation sites is 1. The summed E-state index contributed by atoms with van der Waals surface area (Å²) in [5.74, 6) is -1.92. The van der Waals surface area contributed by atoms with E-state index in [0.29, 0.717) is 31.2 Å². The monoisotopic (exact) mass is 530 g/mol. The fourth-order valence-corrected chi connectivity index (χ4v) is 3.97. The molecule has 13 heteroatoms. The molecule has 0 saturated heterocycles. The molecule has 1 atom stereocenters. The lowest BCUT2D eigenvalue weighted by atomic mass is 9.64. The third kappa shape index (κ3) is 7.86. The molecule has 12 nitrogen and oxygen atoms in total. The summed E-state index contributed by atoms with van der Waals surface area (Å²) in [4.78, 5) is 37.4. The first kappa shape index (κ1) is 29.3. The third-order valence-electron chi connectivity index (χ3n) is 5.92. The summed E-state index contributed by atoms with van der Waals surface area (Å²) in [6.07, 6.45) is 2.09. The molecule has 3 rings (SSSR count). The smallest absolute Gasteiger partial charge is 0.526 e. The molecule has 2 N–H and O–H groups in total. The maximum absolute atomic E-state index is 12.7. The lowest BCUT2D eigenvalue weighted by Crippen LogP contribution is -2.37. The molecule has 0 saturated carbocycles. The van der Waals surface area contributed by atoms with Gasteiger partial charge in [-0.1, -0.05) is 31.2 Å². The molecule has 38 heavy (non-hydrogen) atoms. The molecule has 206 valence electrons. The number of aromatic nitrogens is 3. The summed E-state index contributed by atoms with van der Waals surface area (Å²) >= 11 is 0. The first-order valence-corrected chi connectivity index (χ1v) is 12.6. The Morgan fingerprint density at radius 1 is 1.29 bits per heavy atom. The predicted molar refractivity (Wildman–Crippen MR) is 136 cm³/mol. The summed E-state index contributed by atoms with van der Waals surface area (Å²) < 4.78 is 22.5. The van der Waals surface area contributed by atoms with E-state index in [4.69, 9.17) is 18.9 Å². The minimum atomic E-state index is -1.30. The number of nitrogens with one attached hydrogen (secondary N) is 1. The molecule has 0 bridgehead atoms. The number of fused-ring (bicyclic) bond motifs is 1. The Bertz CT molecular complexity index is 1140. The van der Waals surface area contributed by atoms with Crippen LogP contribution >= 0.6 is 0 Å². The lowest BCUT2D eigenvalue weighted by Gasteiger charge is -2.28. The second-order valence-electron chi connectivity index (χ2n) is 9.88. The molecule has 0 amide bonds. The van der Waals surface area contributed by atoms with Crippen LogP contribution in [0.5, 0.6) is 5.75 Å². The molecule has 1 aliphatic rings. The predicted octanol–water partition coefficient (Wildman–Crippen LogP) is 1.69. The maximum atomic E-state index is 12.7. The fourth-order valence-electron chi connectivity index (χ4n) is 3.97. The van der Waals surface area contributed by atoms with Crippen LogP contribution in [0.3, 0.4) is 0 Å². The van der Waals surface area contributed by atoms with E-state index in [1.807, 2.05) is 13.8 Å². The van der Waals surface area contributed by atoms with Crippen molar-refractivity contribution in [3.63, 3.8) is 0 Å². The molecular formula is C25H35BN4O8. The molecule has 0 spiro atoms. The number of carbonyl (C=O) groups excluding carboxylic acids is 3. The summed E-state index contributed by atoms with van der Waals surface area (Å²) in [5.41, 5.74) is 0.290. The number of ketones is 1. The second-order valence-corrected chi connectivity index (χ2v) is 9.88. The SMILES string of the molecule is CCOC(C)(C)C(=O)OCOC(=O)c1cccc2c1OB(O)[C@@H](CC(=O)Cn1cc(CNC(C)C)nn1)C2. The fraction of sp³-hybridized carbons (Fsp3) is 0.560. The average Bonchev–Trinajstić information content (AvgIpc) is 3.29. The van der Waals surface area contributed by atoms with Gasteiger partial charge in [-0.15, -0.1) is 5.10 Å². The Balaban J connectivity index is 1.56. The van der Waals surface area contributed by atoms with Crippen LogP contribution in [0.15, 0.2) is 24.4 Å². The van der Waals surface area contributed by atoms with Crippen molar-refractivity contribution in [1.29, 1.82) is 0 Å². The number of esters is 2. The number of hydrogen-bond acceptors (Lipinski definition) is 11. The van der Waals surface area contributed by atoms with Crippen LogP contribution in [0.1, 0.15) is 62.7 Å². The molecular weight excluding hydrogens is 495 g/mol. The van der Waals surface area contributed by atoms with Crippen molar-refractivity contribution in [2.24, 2.45) is 0 Å². The van der Waals surface area contributed by atoms with Crippen molar-refractivity contribution in [3.8, 4) is 5.75 Å². The van der Waals surface area contributed by atoms with Crippen LogP contribution in [0.25, 0.3) is 0 Å². The van der Waals surface area contributed by atoms with Gasteiger partial charge in [0.15, 0.2) is 11.4 Å². The van der Waals surface area contributed by atoms with Gasteiger partial charge in [-0.2, -0.15) is 0 Å². The second kappa shape index (κ2) is 13.0. The van der Waals surface area contributed by atoms with Gasteiger partial charge in [0.05, 0.1) is 11.9 Å². The van der Waals surface area contributed by atoms with E-state index in [2.05, 4.69) is 15.6 Å². The summed E-state index contributed by atoms with van der Waals surface area (Å²) in [6, 6.07) is 5.20. The topological polar surface area (TPSA) is 151 Å². The van der Waals surface area contributed by atoms with Crippen LogP contribution in [-0.2, 0) is 43.3 Å². The number of hydrogen-bond donors (Lipinski definition) is 2. The standard InChI is InChI=1S/C25H35BN4O8/c1-6-37-25(4,5)24(33)36-15-35-23(32)21-9-7-8-17-10-18(26(34)38-22(17)21)11-20(31)14-30-13-19(28-29-30)12-27-16(2)3/h7-9,13,16,18,27,34H,6,10-12,14-15H2,1-5H3/t18-/m1/s1. The third-order valence-corrected chi connectivity index (χ3v) is 5.92. The summed E-state index contributed by atoms with van der Waals surface area (Å²) in [7, 11) is -1.30. The van der Waals surface area contributed by atoms with Crippen LogP contribution in [0.2, 0.25) is 5.82 Å². The van der Waals surface area contributed by atoms with Gasteiger partial charge in [0, 0.05) is 31.4 Å². The Labute approximate surface area is 222 Å². The van der Waals surface area contributed by atoms with Crippen molar-refractivity contribution < 1.29 is 38.3 Å². The Morgan fingerprint density at radius 3 is 2.76 bits per heavy atom. The van der Waals surface area contributed by atoms with Crippen molar-refractivity contribution in [1.82, 2.24) is 20.3 Å². The number of benzene rings is 1. The number of rotatable bonds is 13. The van der Waals surface area contributed by atoms with Gasteiger partial charge in [-0.3, -0.25) is 4.79 Å². The largest absolute Gasteiger partial charge is 0.535 e. The highest BCUT2D eigenvalue weighted by Crippen LogP contribution is 2.36. The van der Waals surface area contributed by atoms with E-state index in [9.17, 15) is 19.4 Å². The number of nitrogens with zero attached hydrogens (tertiary/aromatic N) is 3. The molecule has 0 fully saturated rings. The Hall–Kier alpha value is -3.29. The molecule has 2 heterocycles. The Kier molecular flexibility index (Phi) is 10.0. The quantitative estimate of drug-likeness (QED) is 0.221. The molecule has 1 aromatic heterocycles. The van der Waals surface area contributed by atoms with E-state index < -0.39 is 37.3 Å². The van der Waals surface area contributed by atoms with Gasteiger partial charge in [-0.25, -0.2) is 14.3 Å². The number of carbonyl (C=O) groups is 3. The zero-order valence-electron chi connectivity index (χ0n) is 22.4. The summed E-state index contributed by atoms with van der Waals surface area (Å²) in [6.45, 7) is 9.21. The number of Topliss-reactive ketones (excluding diaryl/α,β-unsaturated/α-hetero) is 1. The molecule has 1 aromatic carbocycles. The van der Waals surface area contributed by atoms with Crippen LogP contribution in [-0.4, -0.2) is 69.9 Å². The van der Waals surface area contributed by atoms with E-state index in [1.54, 1.807) is 39.1 Å². The van der Waals surface area contributed by atoms with Crippen LogP contribution in [0, 0.1) is 0 Å². The van der Waals surface area contributed by atoms with Gasteiger partial charge in [0.25, 0.3) is 0 Å². The van der Waals surface area contributed by atoms with Crippen molar-refractivity contribution in [2.45, 2.75) is 78.0 Å². The Morgan fingerprint density at radius 2 is 2.05 bits per heavy atom. The van der Waals surface area contributed by atoms with Crippen molar-refractivity contribution in [2.75, 3.05) is 13.4 Å². The highest BCUT2D eigenvalue weighted by Gasteiger charge is 2.38. The van der Waals surface area contributed by atoms with Gasteiger partial charge in [0.1, 0.15) is 17.9 Å². The first-order chi connectivity index (χ1) is 18.0. The maximum Gasteiger partial charge on any atom is 0.526 e. The highest BCUT2D eigenvalue weighted by atomic mass is 16.7. The van der Waals surface area contributed by atoms with Gasteiger partial charge in [-0.05, 0) is 38.8 Å². The highest BCUT2D eigenvalue weighted by molar-refractivity contribution is 6.47. The molecule has 0 unspecified atom stereocenters. The van der Waals surface area contributed by atoms with Gasteiger partial charge < -0.3 is 29.2 Å². The minimum Gasteiger partial charge on any atom is -0.535 e. The van der Waals surface area contributed by atoms with Crippen LogP contribution in [0.4, 0.5) is 0 Å². The van der Waals surface area contributed by atoms with E-state index >= 15 is 0 Å². The zero-order valence-corrected chi connectivity index (χ0v) is 22.4. The molecule has 0 radical (unpaired) electrons. The van der Waals surface area contributed by atoms with E-state index in [0.717, 1.165) is 5.69 Å². The molecule has 0 aliphatic carbocycles. The van der Waals surface area contributed by atoms with Crippen molar-refractivity contribution >= 4 is 24.8 Å². The first-order valence-electron chi connectivity index (χ1n) is 12.6.